The molecule has 0 spiro atoms. The van der Waals surface area contributed by atoms with Crippen LogP contribution in [0.3, 0.4) is 0 Å². The Labute approximate surface area is 119 Å². The van der Waals surface area contributed by atoms with Crippen molar-refractivity contribution >= 4 is 0 Å². The number of halogens is 2. The molecule has 1 aliphatic rings. The number of benzene rings is 1. The molecule has 1 aromatic carbocycles. The van der Waals surface area contributed by atoms with E-state index in [0.717, 1.165) is 12.1 Å². The van der Waals surface area contributed by atoms with Crippen molar-refractivity contribution in [3.63, 3.8) is 0 Å². The van der Waals surface area contributed by atoms with Gasteiger partial charge in [0.05, 0.1) is 6.10 Å². The molecule has 0 saturated heterocycles. The van der Waals surface area contributed by atoms with Crippen LogP contribution in [0.4, 0.5) is 8.78 Å². The van der Waals surface area contributed by atoms with Gasteiger partial charge in [-0.3, -0.25) is 0 Å². The maximum atomic E-state index is 13.1. The summed E-state index contributed by atoms with van der Waals surface area (Å²) in [5.74, 6) is -1.15. The van der Waals surface area contributed by atoms with Crippen molar-refractivity contribution in [1.29, 1.82) is 0 Å². The van der Waals surface area contributed by atoms with Gasteiger partial charge in [-0.15, -0.1) is 0 Å². The lowest BCUT2D eigenvalue weighted by atomic mass is 9.84. The number of hydrogen-bond acceptors (Lipinski definition) is 2. The number of nitrogens with one attached hydrogen (secondary N) is 1. The molecule has 1 fully saturated rings. The lowest BCUT2D eigenvalue weighted by molar-refractivity contribution is 0.160. The zero-order valence-corrected chi connectivity index (χ0v) is 11.9. The molecule has 0 aliphatic heterocycles. The summed E-state index contributed by atoms with van der Waals surface area (Å²) in [6.07, 6.45) is 5.53. The van der Waals surface area contributed by atoms with E-state index in [4.69, 9.17) is 0 Å². The minimum Gasteiger partial charge on any atom is -0.387 e. The Balaban J connectivity index is 1.84. The molecule has 0 aromatic heterocycles. The van der Waals surface area contributed by atoms with Gasteiger partial charge < -0.3 is 10.4 Å². The first kappa shape index (κ1) is 15.4. The largest absolute Gasteiger partial charge is 0.387 e. The lowest BCUT2D eigenvalue weighted by Gasteiger charge is -2.29. The molecule has 2 rings (SSSR count). The monoisotopic (exact) mass is 283 g/mol. The zero-order valence-electron chi connectivity index (χ0n) is 11.9. The summed E-state index contributed by atoms with van der Waals surface area (Å²) in [5, 5.41) is 13.3. The van der Waals surface area contributed by atoms with Crippen molar-refractivity contribution < 1.29 is 13.9 Å². The number of hydrogen-bond donors (Lipinski definition) is 2. The Morgan fingerprint density at radius 1 is 1.20 bits per heavy atom. The Morgan fingerprint density at radius 3 is 2.55 bits per heavy atom. The van der Waals surface area contributed by atoms with Crippen LogP contribution in [0.2, 0.25) is 0 Å². The zero-order chi connectivity index (χ0) is 14.5. The van der Waals surface area contributed by atoms with Crippen molar-refractivity contribution in [1.82, 2.24) is 5.32 Å². The fourth-order valence-corrected chi connectivity index (χ4v) is 2.94. The van der Waals surface area contributed by atoms with Gasteiger partial charge in [-0.2, -0.15) is 0 Å². The fourth-order valence-electron chi connectivity index (χ4n) is 2.94. The molecule has 20 heavy (non-hydrogen) atoms. The average Bonchev–Trinajstić information content (AvgIpc) is 2.48. The standard InChI is InChI=1S/C16H23F2NO/c1-11(12-5-3-2-4-6-12)19-10-16(20)13-7-8-14(17)15(18)9-13/h7-9,11-12,16,19-20H,2-6,10H2,1H3/t11-,16?/m0/s1. The van der Waals surface area contributed by atoms with Crippen LogP contribution in [0.1, 0.15) is 50.7 Å². The first-order chi connectivity index (χ1) is 9.58. The fraction of sp³-hybridized carbons (Fsp3) is 0.625. The quantitative estimate of drug-likeness (QED) is 0.866. The second-order valence-electron chi connectivity index (χ2n) is 5.78. The van der Waals surface area contributed by atoms with E-state index in [0.29, 0.717) is 24.1 Å². The van der Waals surface area contributed by atoms with Gasteiger partial charge in [-0.25, -0.2) is 8.78 Å². The first-order valence-corrected chi connectivity index (χ1v) is 7.44. The van der Waals surface area contributed by atoms with Crippen molar-refractivity contribution in [3.8, 4) is 0 Å². The minimum absolute atomic E-state index is 0.343. The highest BCUT2D eigenvalue weighted by molar-refractivity contribution is 5.20. The second kappa shape index (κ2) is 7.14. The average molecular weight is 283 g/mol. The predicted octanol–water partition coefficient (Wildman–Crippen LogP) is 3.56. The maximum Gasteiger partial charge on any atom is 0.159 e. The first-order valence-electron chi connectivity index (χ1n) is 7.44. The van der Waals surface area contributed by atoms with E-state index in [2.05, 4.69) is 12.2 Å². The molecule has 0 amide bonds. The van der Waals surface area contributed by atoms with E-state index < -0.39 is 17.7 Å². The van der Waals surface area contributed by atoms with Crippen molar-refractivity contribution in [2.75, 3.05) is 6.54 Å². The minimum atomic E-state index is -0.915. The van der Waals surface area contributed by atoms with Gasteiger partial charge in [0, 0.05) is 12.6 Å². The highest BCUT2D eigenvalue weighted by atomic mass is 19.2. The summed E-state index contributed by atoms with van der Waals surface area (Å²) >= 11 is 0. The molecule has 2 N–H and O–H groups in total. The van der Waals surface area contributed by atoms with Crippen LogP contribution < -0.4 is 5.32 Å². The van der Waals surface area contributed by atoms with Crippen LogP contribution >= 0.6 is 0 Å². The number of aliphatic hydroxyl groups is 1. The van der Waals surface area contributed by atoms with Crippen LogP contribution in [-0.4, -0.2) is 17.7 Å². The Hall–Kier alpha value is -1.00. The van der Waals surface area contributed by atoms with E-state index in [1.54, 1.807) is 0 Å². The van der Waals surface area contributed by atoms with Gasteiger partial charge in [0.2, 0.25) is 0 Å². The highest BCUT2D eigenvalue weighted by Gasteiger charge is 2.20. The molecule has 1 saturated carbocycles. The van der Waals surface area contributed by atoms with E-state index in [1.807, 2.05) is 0 Å². The van der Waals surface area contributed by atoms with Crippen molar-refractivity contribution in [2.45, 2.75) is 51.2 Å². The van der Waals surface area contributed by atoms with Crippen LogP contribution in [0, 0.1) is 17.6 Å². The van der Waals surface area contributed by atoms with Gasteiger partial charge in [0.15, 0.2) is 11.6 Å². The second-order valence-corrected chi connectivity index (χ2v) is 5.78. The van der Waals surface area contributed by atoms with Crippen molar-refractivity contribution in [3.05, 3.63) is 35.4 Å². The molecular weight excluding hydrogens is 260 g/mol. The van der Waals surface area contributed by atoms with E-state index in [-0.39, 0.29) is 0 Å². The summed E-state index contributed by atoms with van der Waals surface area (Å²) in [6, 6.07) is 3.89. The van der Waals surface area contributed by atoms with Gasteiger partial charge in [-0.05, 0) is 43.4 Å². The van der Waals surface area contributed by atoms with Crippen LogP contribution in [0.15, 0.2) is 18.2 Å². The van der Waals surface area contributed by atoms with Gasteiger partial charge in [0.1, 0.15) is 0 Å². The molecule has 1 aromatic rings. The smallest absolute Gasteiger partial charge is 0.159 e. The normalized spacial score (nSPS) is 19.8. The number of rotatable bonds is 5. The number of aliphatic hydroxyl groups excluding tert-OH is 1. The molecule has 0 radical (unpaired) electrons. The predicted molar refractivity (Wildman–Crippen MR) is 75.4 cm³/mol. The third-order valence-corrected chi connectivity index (χ3v) is 4.32. The SMILES string of the molecule is C[C@H](NCC(O)c1ccc(F)c(F)c1)C1CCCCC1. The highest BCUT2D eigenvalue weighted by Crippen LogP contribution is 2.26. The summed E-state index contributed by atoms with van der Waals surface area (Å²) in [4.78, 5) is 0. The summed E-state index contributed by atoms with van der Waals surface area (Å²) in [5.41, 5.74) is 0.409. The summed E-state index contributed by atoms with van der Waals surface area (Å²) < 4.78 is 26.0. The van der Waals surface area contributed by atoms with E-state index in [9.17, 15) is 13.9 Å². The summed E-state index contributed by atoms with van der Waals surface area (Å²) in [6.45, 7) is 2.50. The molecule has 112 valence electrons. The molecule has 2 atom stereocenters. The van der Waals surface area contributed by atoms with Crippen LogP contribution in [0.25, 0.3) is 0 Å². The molecule has 2 nitrogen and oxygen atoms in total. The molecule has 4 heteroatoms. The Morgan fingerprint density at radius 2 is 1.90 bits per heavy atom. The molecule has 0 bridgehead atoms. The third kappa shape index (κ3) is 4.00. The van der Waals surface area contributed by atoms with Gasteiger partial charge >= 0.3 is 0 Å². The third-order valence-electron chi connectivity index (χ3n) is 4.32. The van der Waals surface area contributed by atoms with Crippen LogP contribution in [-0.2, 0) is 0 Å². The van der Waals surface area contributed by atoms with E-state index in [1.165, 1.54) is 38.2 Å². The molecular formula is C16H23F2NO. The van der Waals surface area contributed by atoms with Crippen LogP contribution in [0.5, 0.6) is 0 Å². The Kier molecular flexibility index (Phi) is 5.49. The summed E-state index contributed by atoms with van der Waals surface area (Å²) in [7, 11) is 0. The van der Waals surface area contributed by atoms with Gasteiger partial charge in [0.25, 0.3) is 0 Å². The topological polar surface area (TPSA) is 32.3 Å². The Bertz CT molecular complexity index is 432. The lowest BCUT2D eigenvalue weighted by Crippen LogP contribution is -2.37. The maximum absolute atomic E-state index is 13.1. The molecule has 0 heterocycles. The molecule has 1 unspecified atom stereocenters. The van der Waals surface area contributed by atoms with Gasteiger partial charge in [-0.1, -0.05) is 25.3 Å². The van der Waals surface area contributed by atoms with Crippen molar-refractivity contribution in [2.24, 2.45) is 5.92 Å². The molecule has 1 aliphatic carbocycles. The van der Waals surface area contributed by atoms with E-state index >= 15 is 0 Å².